The number of hydrogen-bond donors (Lipinski definition) is 0. The second-order valence-corrected chi connectivity index (χ2v) is 12.0. The van der Waals surface area contributed by atoms with Crippen molar-refractivity contribution < 1.29 is 14.3 Å². The zero-order valence-corrected chi connectivity index (χ0v) is 27.2. The number of aromatic nitrogens is 1. The van der Waals surface area contributed by atoms with Crippen LogP contribution in [0.5, 0.6) is 5.75 Å². The molecular weight excluding hydrogens is 594 g/mol. The molecule has 5 rings (SSSR count). The molecule has 0 bridgehead atoms. The molecule has 3 aromatic carbocycles. The summed E-state index contributed by atoms with van der Waals surface area (Å²) in [5.41, 5.74) is 5.36. The summed E-state index contributed by atoms with van der Waals surface area (Å²) in [4.78, 5) is 34.8. The van der Waals surface area contributed by atoms with Gasteiger partial charge in [0.25, 0.3) is 5.56 Å². The quantitative estimate of drug-likeness (QED) is 0.196. The molecule has 0 radical (unpaired) electrons. The summed E-state index contributed by atoms with van der Waals surface area (Å²) in [6.45, 7) is 12.1. The van der Waals surface area contributed by atoms with Crippen molar-refractivity contribution in [3.05, 3.63) is 125 Å². The van der Waals surface area contributed by atoms with Crippen molar-refractivity contribution in [3.63, 3.8) is 0 Å². The van der Waals surface area contributed by atoms with E-state index in [0.29, 0.717) is 38.0 Å². The van der Waals surface area contributed by atoms with Crippen LogP contribution in [0.3, 0.4) is 0 Å². The number of hydrogen-bond acceptors (Lipinski definition) is 7. The molecule has 228 valence electrons. The van der Waals surface area contributed by atoms with E-state index < -0.39 is 12.0 Å². The Morgan fingerprint density at radius 3 is 2.39 bits per heavy atom. The molecule has 44 heavy (non-hydrogen) atoms. The molecule has 1 aromatic heterocycles. The van der Waals surface area contributed by atoms with Crippen LogP contribution in [0.15, 0.2) is 87.8 Å². The first-order chi connectivity index (χ1) is 21.2. The molecule has 0 N–H and O–H groups in total. The number of nitrogens with zero attached hydrogens (tertiary/aromatic N) is 3. The van der Waals surface area contributed by atoms with Gasteiger partial charge in [0, 0.05) is 35.4 Å². The Hall–Kier alpha value is -4.14. The minimum Gasteiger partial charge on any atom is -0.488 e. The maximum absolute atomic E-state index is 14.1. The Labute approximate surface area is 266 Å². The molecule has 1 aliphatic rings. The van der Waals surface area contributed by atoms with Crippen molar-refractivity contribution >= 4 is 40.7 Å². The number of carbonyl (C=O) groups is 1. The molecule has 7 nitrogen and oxygen atoms in total. The van der Waals surface area contributed by atoms with Crippen molar-refractivity contribution in [2.45, 2.75) is 47.3 Å². The van der Waals surface area contributed by atoms with Crippen LogP contribution in [0, 0.1) is 6.92 Å². The maximum Gasteiger partial charge on any atom is 0.338 e. The summed E-state index contributed by atoms with van der Waals surface area (Å²) in [6.07, 6.45) is 1.85. The number of ether oxygens (including phenoxy) is 2. The number of aryl methyl sites for hydroxylation is 1. The van der Waals surface area contributed by atoms with Gasteiger partial charge in [-0.1, -0.05) is 64.9 Å². The van der Waals surface area contributed by atoms with Gasteiger partial charge in [-0.05, 0) is 76.1 Å². The monoisotopic (exact) mass is 629 g/mol. The van der Waals surface area contributed by atoms with Crippen LogP contribution in [-0.2, 0) is 16.1 Å². The smallest absolute Gasteiger partial charge is 0.338 e. The van der Waals surface area contributed by atoms with Gasteiger partial charge >= 0.3 is 5.97 Å². The highest BCUT2D eigenvalue weighted by molar-refractivity contribution is 7.07. The highest BCUT2D eigenvalue weighted by atomic mass is 35.5. The summed E-state index contributed by atoms with van der Waals surface area (Å²) in [5.74, 6) is 0.187. The summed E-state index contributed by atoms with van der Waals surface area (Å²) in [6, 6.07) is 20.8. The first-order valence-corrected chi connectivity index (χ1v) is 16.0. The Morgan fingerprint density at radius 1 is 1.02 bits per heavy atom. The van der Waals surface area contributed by atoms with E-state index in [4.69, 9.17) is 26.1 Å². The SMILES string of the molecule is CCOC(=O)C1=C(C)N=c2s/c(=C\c3ccc(N(CC)CC)cc3OCc3ccc(Cl)cc3)c(=O)n2[C@@H]1c1ccc(C)cc1. The van der Waals surface area contributed by atoms with Crippen molar-refractivity contribution in [1.82, 2.24) is 4.57 Å². The fourth-order valence-corrected chi connectivity index (χ4v) is 6.45. The number of allylic oxidation sites excluding steroid dienone is 1. The molecule has 0 saturated heterocycles. The lowest BCUT2D eigenvalue weighted by atomic mass is 9.95. The molecule has 0 saturated carbocycles. The van der Waals surface area contributed by atoms with Gasteiger partial charge in [-0.15, -0.1) is 0 Å². The van der Waals surface area contributed by atoms with Gasteiger partial charge < -0.3 is 14.4 Å². The predicted octanol–water partition coefficient (Wildman–Crippen LogP) is 6.19. The van der Waals surface area contributed by atoms with E-state index in [-0.39, 0.29) is 12.2 Å². The average molecular weight is 630 g/mol. The first kappa shape index (κ1) is 31.3. The van der Waals surface area contributed by atoms with Crippen LogP contribution < -0.4 is 24.5 Å². The maximum atomic E-state index is 14.1. The van der Waals surface area contributed by atoms with Crippen molar-refractivity contribution in [3.8, 4) is 5.75 Å². The first-order valence-electron chi connectivity index (χ1n) is 14.8. The van der Waals surface area contributed by atoms with Crippen molar-refractivity contribution in [2.75, 3.05) is 24.6 Å². The van der Waals surface area contributed by atoms with Crippen LogP contribution in [0.25, 0.3) is 6.08 Å². The molecule has 0 unspecified atom stereocenters. The van der Waals surface area contributed by atoms with Crippen LogP contribution in [0.1, 0.15) is 56.0 Å². The lowest BCUT2D eigenvalue weighted by molar-refractivity contribution is -0.139. The number of halogens is 1. The molecular formula is C35H36ClN3O4S. The molecule has 9 heteroatoms. The number of thiazole rings is 1. The third-order valence-electron chi connectivity index (χ3n) is 7.63. The minimum atomic E-state index is -0.654. The van der Waals surface area contributed by atoms with E-state index in [2.05, 4.69) is 18.7 Å². The van der Waals surface area contributed by atoms with Gasteiger partial charge in [-0.25, -0.2) is 9.79 Å². The molecule has 1 aliphatic heterocycles. The minimum absolute atomic E-state index is 0.225. The Balaban J connectivity index is 1.63. The van der Waals surface area contributed by atoms with Crippen LogP contribution in [-0.4, -0.2) is 30.2 Å². The van der Waals surface area contributed by atoms with Gasteiger partial charge in [0.15, 0.2) is 4.80 Å². The van der Waals surface area contributed by atoms with Crippen molar-refractivity contribution in [1.29, 1.82) is 0 Å². The number of benzene rings is 3. The van der Waals surface area contributed by atoms with Gasteiger partial charge in [0.2, 0.25) is 0 Å². The van der Waals surface area contributed by atoms with Gasteiger partial charge in [-0.2, -0.15) is 0 Å². The van der Waals surface area contributed by atoms with E-state index in [9.17, 15) is 9.59 Å². The molecule has 0 spiro atoms. The molecule has 0 amide bonds. The number of esters is 1. The van der Waals surface area contributed by atoms with Gasteiger partial charge in [-0.3, -0.25) is 9.36 Å². The summed E-state index contributed by atoms with van der Waals surface area (Å²) >= 11 is 7.37. The van der Waals surface area contributed by atoms with E-state index >= 15 is 0 Å². The van der Waals surface area contributed by atoms with Crippen LogP contribution >= 0.6 is 22.9 Å². The fourth-order valence-electron chi connectivity index (χ4n) is 5.29. The molecule has 4 aromatic rings. The second kappa shape index (κ2) is 13.7. The van der Waals surface area contributed by atoms with E-state index in [1.54, 1.807) is 18.4 Å². The largest absolute Gasteiger partial charge is 0.488 e. The lowest BCUT2D eigenvalue weighted by Crippen LogP contribution is -2.39. The molecule has 0 fully saturated rings. The van der Waals surface area contributed by atoms with Crippen LogP contribution in [0.2, 0.25) is 5.02 Å². The fraction of sp³-hybridized carbons (Fsp3) is 0.286. The summed E-state index contributed by atoms with van der Waals surface area (Å²) in [5, 5.41) is 0.665. The highest BCUT2D eigenvalue weighted by Gasteiger charge is 2.33. The normalized spacial score (nSPS) is 14.7. The summed E-state index contributed by atoms with van der Waals surface area (Å²) < 4.78 is 13.9. The Morgan fingerprint density at radius 2 is 1.73 bits per heavy atom. The second-order valence-electron chi connectivity index (χ2n) is 10.5. The Bertz CT molecular complexity index is 1870. The topological polar surface area (TPSA) is 73.1 Å². The van der Waals surface area contributed by atoms with E-state index in [1.807, 2.05) is 79.7 Å². The number of fused-ring (bicyclic) bond motifs is 1. The van der Waals surface area contributed by atoms with Crippen LogP contribution in [0.4, 0.5) is 5.69 Å². The van der Waals surface area contributed by atoms with Gasteiger partial charge in [0.05, 0.1) is 28.5 Å². The third-order valence-corrected chi connectivity index (χ3v) is 8.86. The summed E-state index contributed by atoms with van der Waals surface area (Å²) in [7, 11) is 0. The van der Waals surface area contributed by atoms with E-state index in [1.165, 1.54) is 11.3 Å². The number of rotatable bonds is 10. The standard InChI is InChI=1S/C35H36ClN3O4S/c1-6-38(7-2)28-18-15-26(29(20-28)43-21-24-11-16-27(36)17-12-24)19-30-33(40)39-32(25-13-9-22(4)10-14-25)31(34(41)42-8-3)23(5)37-35(39)44-30/h9-20,32H,6-8,21H2,1-5H3/b30-19-/t32-/m1/s1. The van der Waals surface area contributed by atoms with Crippen molar-refractivity contribution in [2.24, 2.45) is 4.99 Å². The molecule has 0 aliphatic carbocycles. The molecule has 1 atom stereocenters. The number of anilines is 1. The molecule has 2 heterocycles. The zero-order chi connectivity index (χ0) is 31.4. The van der Waals surface area contributed by atoms with Gasteiger partial charge in [0.1, 0.15) is 12.4 Å². The number of carbonyl (C=O) groups excluding carboxylic acids is 1. The van der Waals surface area contributed by atoms with E-state index in [0.717, 1.165) is 41.0 Å². The zero-order valence-electron chi connectivity index (χ0n) is 25.6. The average Bonchev–Trinajstić information content (AvgIpc) is 3.32. The third kappa shape index (κ3) is 6.51. The Kier molecular flexibility index (Phi) is 9.71. The highest BCUT2D eigenvalue weighted by Crippen LogP contribution is 2.31. The predicted molar refractivity (Wildman–Crippen MR) is 177 cm³/mol. The lowest BCUT2D eigenvalue weighted by Gasteiger charge is -2.24.